The Bertz CT molecular complexity index is 739. The third-order valence-corrected chi connectivity index (χ3v) is 5.20. The molecule has 0 saturated heterocycles. The molecule has 0 fully saturated rings. The molecule has 118 valence electrons. The minimum absolute atomic E-state index is 0.795. The van der Waals surface area contributed by atoms with Crippen LogP contribution in [-0.2, 0) is 19.6 Å². The summed E-state index contributed by atoms with van der Waals surface area (Å²) in [5, 5.41) is 5.51. The topological polar surface area (TPSA) is 40.7 Å². The van der Waals surface area contributed by atoms with Gasteiger partial charge in [0.15, 0.2) is 22.1 Å². The molecule has 2 heterocycles. The Morgan fingerprint density at radius 2 is 1.95 bits per heavy atom. The molecular formula is C15H20N3O2S2+. The Balaban J connectivity index is 1.81. The lowest BCUT2D eigenvalue weighted by Gasteiger charge is -2.26. The molecule has 1 aliphatic rings. The van der Waals surface area contributed by atoms with Crippen molar-refractivity contribution in [1.82, 2.24) is 9.78 Å². The van der Waals surface area contributed by atoms with Crippen LogP contribution in [0.15, 0.2) is 12.1 Å². The van der Waals surface area contributed by atoms with Crippen molar-refractivity contribution < 1.29 is 14.4 Å². The second kappa shape index (κ2) is 6.36. The summed E-state index contributed by atoms with van der Waals surface area (Å²) in [6.45, 7) is 4.83. The van der Waals surface area contributed by atoms with Crippen molar-refractivity contribution in [1.29, 1.82) is 0 Å². The number of ether oxygens (including phenoxy) is 2. The van der Waals surface area contributed by atoms with Gasteiger partial charge in [0.2, 0.25) is 0 Å². The third-order valence-electron chi connectivity index (χ3n) is 3.97. The van der Waals surface area contributed by atoms with Gasteiger partial charge in [-0.15, -0.1) is 0 Å². The van der Waals surface area contributed by atoms with Crippen LogP contribution < -0.4 is 14.4 Å². The number of fused-ring (bicyclic) bond motifs is 1. The summed E-state index contributed by atoms with van der Waals surface area (Å²) in [7, 11) is 3.35. The highest BCUT2D eigenvalue weighted by Gasteiger charge is 2.22. The number of hydrogen-bond acceptors (Lipinski definition) is 5. The fraction of sp³-hybridized carbons (Fsp3) is 0.467. The second-order valence-electron chi connectivity index (χ2n) is 5.45. The first-order valence-corrected chi connectivity index (χ1v) is 8.45. The lowest BCUT2D eigenvalue weighted by molar-refractivity contribution is -0.939. The van der Waals surface area contributed by atoms with Crippen molar-refractivity contribution in [2.75, 3.05) is 20.8 Å². The largest absolute Gasteiger partial charge is 0.493 e. The average molecular weight is 338 g/mol. The van der Waals surface area contributed by atoms with E-state index in [1.165, 1.54) is 16.0 Å². The summed E-state index contributed by atoms with van der Waals surface area (Å²) in [4.78, 5) is 1.46. The molecule has 0 amide bonds. The lowest BCUT2D eigenvalue weighted by atomic mass is 9.99. The van der Waals surface area contributed by atoms with E-state index in [1.807, 2.05) is 11.6 Å². The number of aromatic nitrogens is 2. The van der Waals surface area contributed by atoms with E-state index in [-0.39, 0.29) is 0 Å². The predicted octanol–water partition coefficient (Wildman–Crippen LogP) is 1.60. The van der Waals surface area contributed by atoms with Crippen molar-refractivity contribution in [3.8, 4) is 11.5 Å². The van der Waals surface area contributed by atoms with Crippen molar-refractivity contribution in [3.63, 3.8) is 0 Å². The van der Waals surface area contributed by atoms with E-state index in [9.17, 15) is 0 Å². The first kappa shape index (κ1) is 15.5. The molecule has 1 atom stereocenters. The monoisotopic (exact) mass is 338 g/mol. The highest BCUT2D eigenvalue weighted by molar-refractivity contribution is 7.73. The van der Waals surface area contributed by atoms with E-state index in [0.29, 0.717) is 0 Å². The summed E-state index contributed by atoms with van der Waals surface area (Å²) in [5.74, 6) is 1.60. The maximum atomic E-state index is 5.41. The summed E-state index contributed by atoms with van der Waals surface area (Å²) in [6.07, 6.45) is 1.03. The normalized spacial score (nSPS) is 17.1. The zero-order valence-corrected chi connectivity index (χ0v) is 14.6. The highest BCUT2D eigenvalue weighted by Crippen LogP contribution is 2.31. The fourth-order valence-electron chi connectivity index (χ4n) is 2.89. The molecule has 1 aliphatic heterocycles. The zero-order chi connectivity index (χ0) is 15.7. The SMILES string of the molecule is COc1cc2c(cc1OC)C[NH+](Cn1nc(C)sc1=S)CC2. The zero-order valence-electron chi connectivity index (χ0n) is 13.0. The Kier molecular flexibility index (Phi) is 4.46. The molecule has 0 saturated carbocycles. The molecule has 1 aromatic carbocycles. The van der Waals surface area contributed by atoms with E-state index in [4.69, 9.17) is 21.7 Å². The van der Waals surface area contributed by atoms with Crippen LogP contribution in [0.5, 0.6) is 11.5 Å². The summed E-state index contributed by atoms with van der Waals surface area (Å²) in [6, 6.07) is 4.20. The van der Waals surface area contributed by atoms with E-state index in [0.717, 1.165) is 46.6 Å². The average Bonchev–Trinajstić information content (AvgIpc) is 2.83. The van der Waals surface area contributed by atoms with Crippen LogP contribution in [0.4, 0.5) is 0 Å². The molecule has 0 aliphatic carbocycles. The second-order valence-corrected chi connectivity index (χ2v) is 7.27. The Morgan fingerprint density at radius 1 is 1.27 bits per heavy atom. The van der Waals surface area contributed by atoms with Gasteiger partial charge in [-0.2, -0.15) is 9.78 Å². The summed E-state index contributed by atoms with van der Waals surface area (Å²) in [5.41, 5.74) is 2.66. The number of rotatable bonds is 4. The minimum atomic E-state index is 0.795. The molecule has 1 unspecified atom stereocenters. The van der Waals surface area contributed by atoms with Gasteiger partial charge < -0.3 is 14.4 Å². The quantitative estimate of drug-likeness (QED) is 0.860. The number of hydrogen-bond donors (Lipinski definition) is 1. The molecule has 3 rings (SSSR count). The molecular weight excluding hydrogens is 318 g/mol. The Hall–Kier alpha value is -1.44. The van der Waals surface area contributed by atoms with E-state index in [1.54, 1.807) is 25.6 Å². The van der Waals surface area contributed by atoms with Crippen LogP contribution in [0.2, 0.25) is 0 Å². The van der Waals surface area contributed by atoms with Gasteiger partial charge in [0.05, 0.1) is 20.8 Å². The van der Waals surface area contributed by atoms with Gasteiger partial charge >= 0.3 is 0 Å². The van der Waals surface area contributed by atoms with E-state index in [2.05, 4.69) is 17.2 Å². The standard InChI is InChI=1S/C15H19N3O2S2/c1-10-16-18(15(21)22-10)9-17-5-4-11-6-13(19-2)14(20-3)7-12(11)8-17/h6-7H,4-5,8-9H2,1-3H3/p+1. The highest BCUT2D eigenvalue weighted by atomic mass is 32.1. The van der Waals surface area contributed by atoms with Gasteiger partial charge in [0, 0.05) is 12.0 Å². The van der Waals surface area contributed by atoms with E-state index < -0.39 is 0 Å². The molecule has 5 nitrogen and oxygen atoms in total. The van der Waals surface area contributed by atoms with Crippen LogP contribution in [0.3, 0.4) is 0 Å². The van der Waals surface area contributed by atoms with Crippen molar-refractivity contribution in [2.45, 2.75) is 26.6 Å². The third kappa shape index (κ3) is 3.02. The van der Waals surface area contributed by atoms with Gasteiger partial charge in [-0.1, -0.05) is 11.3 Å². The molecule has 2 aromatic rings. The van der Waals surface area contributed by atoms with E-state index >= 15 is 0 Å². The van der Waals surface area contributed by atoms with Crippen LogP contribution >= 0.6 is 23.6 Å². The summed E-state index contributed by atoms with van der Waals surface area (Å²) >= 11 is 6.93. The predicted molar refractivity (Wildman–Crippen MR) is 88.5 cm³/mol. The van der Waals surface area contributed by atoms with Gasteiger partial charge in [0.1, 0.15) is 11.6 Å². The van der Waals surface area contributed by atoms with Crippen molar-refractivity contribution in [3.05, 3.63) is 32.2 Å². The molecule has 0 bridgehead atoms. The maximum Gasteiger partial charge on any atom is 0.184 e. The van der Waals surface area contributed by atoms with Crippen molar-refractivity contribution in [2.24, 2.45) is 0 Å². The van der Waals surface area contributed by atoms with Crippen molar-refractivity contribution >= 4 is 23.6 Å². The Labute approximate surface area is 139 Å². The number of nitrogens with one attached hydrogen (secondary N) is 1. The van der Waals surface area contributed by atoms with Gasteiger partial charge in [-0.3, -0.25) is 0 Å². The Morgan fingerprint density at radius 3 is 2.55 bits per heavy atom. The van der Waals surface area contributed by atoms with Crippen LogP contribution in [0.1, 0.15) is 16.1 Å². The summed E-state index contributed by atoms with van der Waals surface area (Å²) < 4.78 is 13.6. The first-order chi connectivity index (χ1) is 10.6. The number of aryl methyl sites for hydroxylation is 1. The minimum Gasteiger partial charge on any atom is -0.493 e. The molecule has 22 heavy (non-hydrogen) atoms. The van der Waals surface area contributed by atoms with Crippen LogP contribution in [0.25, 0.3) is 0 Å². The van der Waals surface area contributed by atoms with Gasteiger partial charge in [-0.05, 0) is 36.8 Å². The smallest absolute Gasteiger partial charge is 0.184 e. The van der Waals surface area contributed by atoms with Gasteiger partial charge in [-0.25, -0.2) is 0 Å². The first-order valence-electron chi connectivity index (χ1n) is 7.22. The van der Waals surface area contributed by atoms with Crippen LogP contribution in [-0.4, -0.2) is 30.5 Å². The van der Waals surface area contributed by atoms with Crippen LogP contribution in [0, 0.1) is 10.9 Å². The number of quaternary nitrogens is 1. The molecule has 7 heteroatoms. The fourth-order valence-corrected chi connectivity index (χ4v) is 3.96. The number of benzene rings is 1. The maximum absolute atomic E-state index is 5.41. The lowest BCUT2D eigenvalue weighted by Crippen LogP contribution is -3.11. The van der Waals surface area contributed by atoms with Gasteiger partial charge in [0.25, 0.3) is 0 Å². The number of methoxy groups -OCH3 is 2. The molecule has 0 radical (unpaired) electrons. The molecule has 1 aromatic heterocycles. The number of nitrogens with zero attached hydrogens (tertiary/aromatic N) is 2. The molecule has 0 spiro atoms. The molecule has 1 N–H and O–H groups in total.